The Morgan fingerprint density at radius 1 is 1.32 bits per heavy atom. The number of hydrogen-bond donors (Lipinski definition) is 2. The highest BCUT2D eigenvalue weighted by molar-refractivity contribution is 5.44. The Balaban J connectivity index is 1.85. The number of rotatable bonds is 4. The maximum Gasteiger partial charge on any atom is 0.252 e. The Morgan fingerprint density at radius 3 is 2.68 bits per heavy atom. The van der Waals surface area contributed by atoms with E-state index in [1.54, 1.807) is 6.07 Å². The third-order valence-electron chi connectivity index (χ3n) is 3.28. The first kappa shape index (κ1) is 11.8. The van der Waals surface area contributed by atoms with E-state index in [9.17, 15) is 4.79 Å². The summed E-state index contributed by atoms with van der Waals surface area (Å²) in [6.07, 6.45) is 3.77. The van der Waals surface area contributed by atoms with Gasteiger partial charge < -0.3 is 15.6 Å². The molecule has 0 unspecified atom stereocenters. The van der Waals surface area contributed by atoms with Crippen molar-refractivity contribution >= 4 is 11.5 Å². The van der Waals surface area contributed by atoms with Crippen LogP contribution in [0.3, 0.4) is 0 Å². The SMILES string of the molecule is Nc1ccc(CN(c2cc(=O)[nH]cn2)C2CC2)cc1. The maximum absolute atomic E-state index is 11.4. The normalized spacial score (nSPS) is 14.3. The van der Waals surface area contributed by atoms with Gasteiger partial charge in [-0.2, -0.15) is 0 Å². The van der Waals surface area contributed by atoms with Gasteiger partial charge in [-0.15, -0.1) is 0 Å². The summed E-state index contributed by atoms with van der Waals surface area (Å²) >= 11 is 0. The Morgan fingerprint density at radius 2 is 2.05 bits per heavy atom. The van der Waals surface area contributed by atoms with Crippen molar-refractivity contribution in [3.63, 3.8) is 0 Å². The van der Waals surface area contributed by atoms with E-state index in [2.05, 4.69) is 14.9 Å². The molecule has 1 saturated carbocycles. The predicted molar refractivity (Wildman–Crippen MR) is 74.9 cm³/mol. The van der Waals surface area contributed by atoms with E-state index in [4.69, 9.17) is 5.73 Å². The standard InChI is InChI=1S/C14H16N4O/c15-11-3-1-10(2-4-11)8-18(12-5-6-12)13-7-14(19)17-9-16-13/h1-4,7,9,12H,5-6,8,15H2,(H,16,17,19). The summed E-state index contributed by atoms with van der Waals surface area (Å²) in [6.45, 7) is 0.751. The molecular weight excluding hydrogens is 240 g/mol. The van der Waals surface area contributed by atoms with Crippen LogP contribution >= 0.6 is 0 Å². The molecule has 5 heteroatoms. The van der Waals surface area contributed by atoms with Gasteiger partial charge in [0, 0.05) is 24.3 Å². The van der Waals surface area contributed by atoms with E-state index in [0.29, 0.717) is 6.04 Å². The number of nitrogens with zero attached hydrogens (tertiary/aromatic N) is 2. The number of nitrogen functional groups attached to an aromatic ring is 1. The van der Waals surface area contributed by atoms with E-state index in [1.165, 1.54) is 11.9 Å². The van der Waals surface area contributed by atoms with Crippen LogP contribution in [0.4, 0.5) is 11.5 Å². The summed E-state index contributed by atoms with van der Waals surface area (Å²) in [5.74, 6) is 0.739. The molecule has 1 heterocycles. The maximum atomic E-state index is 11.4. The van der Waals surface area contributed by atoms with Crippen LogP contribution in [0.25, 0.3) is 0 Å². The van der Waals surface area contributed by atoms with Crippen LogP contribution < -0.4 is 16.2 Å². The predicted octanol–water partition coefficient (Wildman–Crippen LogP) is 1.52. The molecule has 1 aromatic heterocycles. The largest absolute Gasteiger partial charge is 0.399 e. The lowest BCUT2D eigenvalue weighted by atomic mass is 10.2. The summed E-state index contributed by atoms with van der Waals surface area (Å²) in [4.78, 5) is 20.4. The van der Waals surface area contributed by atoms with E-state index in [0.717, 1.165) is 30.9 Å². The van der Waals surface area contributed by atoms with E-state index < -0.39 is 0 Å². The van der Waals surface area contributed by atoms with Crippen molar-refractivity contribution in [2.75, 3.05) is 10.6 Å². The Labute approximate surface area is 111 Å². The van der Waals surface area contributed by atoms with E-state index in [1.807, 2.05) is 24.3 Å². The first-order valence-corrected chi connectivity index (χ1v) is 6.38. The van der Waals surface area contributed by atoms with Crippen LogP contribution in [0.5, 0.6) is 0 Å². The van der Waals surface area contributed by atoms with Crippen molar-refractivity contribution in [1.82, 2.24) is 9.97 Å². The van der Waals surface area contributed by atoms with Crippen LogP contribution in [0.1, 0.15) is 18.4 Å². The monoisotopic (exact) mass is 256 g/mol. The van der Waals surface area contributed by atoms with Gasteiger partial charge in [0.05, 0.1) is 6.33 Å². The fourth-order valence-electron chi connectivity index (χ4n) is 2.12. The van der Waals surface area contributed by atoms with Crippen molar-refractivity contribution < 1.29 is 0 Å². The molecule has 98 valence electrons. The highest BCUT2D eigenvalue weighted by Crippen LogP contribution is 2.31. The molecule has 5 nitrogen and oxygen atoms in total. The smallest absolute Gasteiger partial charge is 0.252 e. The highest BCUT2D eigenvalue weighted by Gasteiger charge is 2.30. The van der Waals surface area contributed by atoms with Crippen molar-refractivity contribution in [3.05, 3.63) is 52.6 Å². The number of aromatic nitrogens is 2. The molecule has 1 aliphatic rings. The molecule has 0 aliphatic heterocycles. The van der Waals surface area contributed by atoms with Gasteiger partial charge in [-0.25, -0.2) is 4.98 Å². The zero-order chi connectivity index (χ0) is 13.2. The lowest BCUT2D eigenvalue weighted by Crippen LogP contribution is -2.27. The molecule has 0 spiro atoms. The first-order valence-electron chi connectivity index (χ1n) is 6.38. The summed E-state index contributed by atoms with van der Waals surface area (Å²) in [5, 5.41) is 0. The fourth-order valence-corrected chi connectivity index (χ4v) is 2.12. The average molecular weight is 256 g/mol. The van der Waals surface area contributed by atoms with Gasteiger partial charge in [0.15, 0.2) is 0 Å². The Bertz CT molecular complexity index is 616. The second-order valence-corrected chi connectivity index (χ2v) is 4.87. The molecule has 1 aliphatic carbocycles. The van der Waals surface area contributed by atoms with Gasteiger partial charge >= 0.3 is 0 Å². The molecule has 0 saturated heterocycles. The molecule has 1 aromatic carbocycles. The quantitative estimate of drug-likeness (QED) is 0.813. The lowest BCUT2D eigenvalue weighted by Gasteiger charge is -2.23. The summed E-state index contributed by atoms with van der Waals surface area (Å²) in [7, 11) is 0. The van der Waals surface area contributed by atoms with Crippen LogP contribution in [0.2, 0.25) is 0 Å². The minimum absolute atomic E-state index is 0.118. The van der Waals surface area contributed by atoms with Crippen LogP contribution in [-0.2, 0) is 6.54 Å². The number of benzene rings is 1. The summed E-state index contributed by atoms with van der Waals surface area (Å²) < 4.78 is 0. The van der Waals surface area contributed by atoms with Crippen molar-refractivity contribution in [3.8, 4) is 0 Å². The third kappa shape index (κ3) is 2.76. The lowest BCUT2D eigenvalue weighted by molar-refractivity contribution is 0.773. The number of nitrogens with one attached hydrogen (secondary N) is 1. The molecule has 0 atom stereocenters. The average Bonchev–Trinajstić information content (AvgIpc) is 3.22. The van der Waals surface area contributed by atoms with Gasteiger partial charge in [-0.3, -0.25) is 4.79 Å². The summed E-state index contributed by atoms with van der Waals surface area (Å²) in [6, 6.07) is 9.86. The number of anilines is 2. The van der Waals surface area contributed by atoms with E-state index >= 15 is 0 Å². The summed E-state index contributed by atoms with van der Waals surface area (Å²) in [5.41, 5.74) is 7.50. The van der Waals surface area contributed by atoms with Crippen LogP contribution in [0, 0.1) is 0 Å². The van der Waals surface area contributed by atoms with Crippen molar-refractivity contribution in [2.45, 2.75) is 25.4 Å². The molecule has 2 aromatic rings. The fraction of sp³-hybridized carbons (Fsp3) is 0.286. The molecule has 0 radical (unpaired) electrons. The van der Waals surface area contributed by atoms with E-state index in [-0.39, 0.29) is 5.56 Å². The van der Waals surface area contributed by atoms with Gasteiger partial charge in [0.2, 0.25) is 0 Å². The minimum Gasteiger partial charge on any atom is -0.399 e. The zero-order valence-electron chi connectivity index (χ0n) is 10.5. The number of nitrogens with two attached hydrogens (primary N) is 1. The third-order valence-corrected chi connectivity index (χ3v) is 3.28. The number of H-pyrrole nitrogens is 1. The first-order chi connectivity index (χ1) is 9.22. The second-order valence-electron chi connectivity index (χ2n) is 4.87. The second kappa shape index (κ2) is 4.76. The van der Waals surface area contributed by atoms with Gasteiger partial charge in [-0.1, -0.05) is 12.1 Å². The highest BCUT2D eigenvalue weighted by atomic mass is 16.1. The Kier molecular flexibility index (Phi) is 2.95. The molecule has 3 N–H and O–H groups in total. The van der Waals surface area contributed by atoms with Gasteiger partial charge in [-0.05, 0) is 30.5 Å². The molecule has 19 heavy (non-hydrogen) atoms. The molecule has 0 amide bonds. The topological polar surface area (TPSA) is 75.0 Å². The minimum atomic E-state index is -0.118. The molecule has 0 bridgehead atoms. The van der Waals surface area contributed by atoms with Gasteiger partial charge in [0.25, 0.3) is 5.56 Å². The molecule has 1 fully saturated rings. The van der Waals surface area contributed by atoms with Gasteiger partial charge in [0.1, 0.15) is 5.82 Å². The van der Waals surface area contributed by atoms with Crippen molar-refractivity contribution in [2.24, 2.45) is 0 Å². The molecule has 3 rings (SSSR count). The number of aromatic amines is 1. The molecular formula is C14H16N4O. The zero-order valence-corrected chi connectivity index (χ0v) is 10.5. The van der Waals surface area contributed by atoms with Crippen molar-refractivity contribution in [1.29, 1.82) is 0 Å². The van der Waals surface area contributed by atoms with Crippen LogP contribution in [-0.4, -0.2) is 16.0 Å². The number of hydrogen-bond acceptors (Lipinski definition) is 4. The van der Waals surface area contributed by atoms with Crippen LogP contribution in [0.15, 0.2) is 41.5 Å². The Hall–Kier alpha value is -2.30.